The van der Waals surface area contributed by atoms with Gasteiger partial charge in [-0.2, -0.15) is 17.0 Å². The molecule has 0 saturated carbocycles. The van der Waals surface area contributed by atoms with Crippen molar-refractivity contribution in [3.8, 4) is 0 Å². The van der Waals surface area contributed by atoms with Crippen LogP contribution in [0.1, 0.15) is 24.8 Å². The number of rotatable bonds is 5. The zero-order chi connectivity index (χ0) is 17.0. The zero-order valence-electron chi connectivity index (χ0n) is 14.4. The minimum atomic E-state index is -3.41. The molecule has 1 aromatic carbocycles. The molecule has 0 N–H and O–H groups in total. The second-order valence-corrected chi connectivity index (χ2v) is 8.52. The third-order valence-corrected chi connectivity index (χ3v) is 6.69. The van der Waals surface area contributed by atoms with Gasteiger partial charge in [-0.15, -0.1) is 0 Å². The highest BCUT2D eigenvalue weighted by atomic mass is 32.2. The Kier molecular flexibility index (Phi) is 5.76. The molecule has 2 aliphatic heterocycles. The van der Waals surface area contributed by atoms with Gasteiger partial charge in [0.1, 0.15) is 0 Å². The predicted molar refractivity (Wildman–Crippen MR) is 95.3 cm³/mol. The smallest absolute Gasteiger partial charge is 0.282 e. The van der Waals surface area contributed by atoms with Crippen LogP contribution in [0.5, 0.6) is 0 Å². The van der Waals surface area contributed by atoms with Crippen LogP contribution in [0.3, 0.4) is 0 Å². The summed E-state index contributed by atoms with van der Waals surface area (Å²) in [7, 11) is -1.77. The molecule has 2 fully saturated rings. The molecular weight excluding hydrogens is 326 g/mol. The van der Waals surface area contributed by atoms with Gasteiger partial charge in [0.05, 0.1) is 13.2 Å². The normalized spacial score (nSPS) is 20.5. The van der Waals surface area contributed by atoms with Crippen molar-refractivity contribution in [2.45, 2.75) is 25.8 Å². The van der Waals surface area contributed by atoms with E-state index in [9.17, 15) is 8.42 Å². The van der Waals surface area contributed by atoms with Crippen molar-refractivity contribution in [2.75, 3.05) is 51.3 Å². The van der Waals surface area contributed by atoms with Gasteiger partial charge in [-0.25, -0.2) is 0 Å². The maximum Gasteiger partial charge on any atom is 0.282 e. The molecule has 0 radical (unpaired) electrons. The third-order valence-electron chi connectivity index (χ3n) is 4.75. The van der Waals surface area contributed by atoms with Crippen molar-refractivity contribution >= 4 is 15.9 Å². The summed E-state index contributed by atoms with van der Waals surface area (Å²) in [5, 5.41) is 0. The number of hydrogen-bond donors (Lipinski definition) is 0. The molecule has 24 heavy (non-hydrogen) atoms. The van der Waals surface area contributed by atoms with E-state index in [2.05, 4.69) is 17.0 Å². The van der Waals surface area contributed by atoms with Crippen molar-refractivity contribution in [3.63, 3.8) is 0 Å². The van der Waals surface area contributed by atoms with Crippen molar-refractivity contribution in [3.05, 3.63) is 29.8 Å². The zero-order valence-corrected chi connectivity index (χ0v) is 15.2. The number of piperidine rings is 1. The van der Waals surface area contributed by atoms with Gasteiger partial charge in [-0.3, -0.25) is 0 Å². The summed E-state index contributed by atoms with van der Waals surface area (Å²) in [6, 6.07) is 8.29. The van der Waals surface area contributed by atoms with Gasteiger partial charge in [0.25, 0.3) is 10.2 Å². The summed E-state index contributed by atoms with van der Waals surface area (Å²) < 4.78 is 33.3. The topological polar surface area (TPSA) is 53.1 Å². The standard InChI is InChI=1S/C17H27N3O3S/c1-18(24(21,22)20-11-13-23-14-12-20)15-16-5-7-17(8-6-16)19-9-3-2-4-10-19/h5-8H,2-4,9-15H2,1H3. The van der Waals surface area contributed by atoms with E-state index in [1.165, 1.54) is 33.6 Å². The fraction of sp³-hybridized carbons (Fsp3) is 0.647. The number of morpholine rings is 1. The van der Waals surface area contributed by atoms with E-state index < -0.39 is 10.2 Å². The molecule has 0 bridgehead atoms. The van der Waals surface area contributed by atoms with Gasteiger partial charge in [0.15, 0.2) is 0 Å². The lowest BCUT2D eigenvalue weighted by atomic mass is 10.1. The minimum Gasteiger partial charge on any atom is -0.379 e. The van der Waals surface area contributed by atoms with Crippen LogP contribution in [0.2, 0.25) is 0 Å². The first kappa shape index (κ1) is 17.7. The first-order valence-electron chi connectivity index (χ1n) is 8.70. The first-order chi connectivity index (χ1) is 11.6. The minimum absolute atomic E-state index is 0.389. The fourth-order valence-corrected chi connectivity index (χ4v) is 4.59. The highest BCUT2D eigenvalue weighted by molar-refractivity contribution is 7.86. The molecule has 7 heteroatoms. The lowest BCUT2D eigenvalue weighted by molar-refractivity contribution is 0.0705. The molecule has 0 aliphatic carbocycles. The lowest BCUT2D eigenvalue weighted by Gasteiger charge is -2.30. The summed E-state index contributed by atoms with van der Waals surface area (Å²) in [6.07, 6.45) is 3.82. The third kappa shape index (κ3) is 4.08. The number of ether oxygens (including phenoxy) is 1. The summed E-state index contributed by atoms with van der Waals surface area (Å²) in [6.45, 7) is 4.42. The van der Waals surface area contributed by atoms with Crippen molar-refractivity contribution < 1.29 is 13.2 Å². The van der Waals surface area contributed by atoms with E-state index in [0.717, 1.165) is 18.7 Å². The predicted octanol–water partition coefficient (Wildman–Crippen LogP) is 1.69. The van der Waals surface area contributed by atoms with Gasteiger partial charge >= 0.3 is 0 Å². The van der Waals surface area contributed by atoms with Gasteiger partial charge in [-0.1, -0.05) is 12.1 Å². The number of hydrogen-bond acceptors (Lipinski definition) is 4. The molecule has 0 unspecified atom stereocenters. The molecular formula is C17H27N3O3S. The molecule has 2 aliphatic rings. The average molecular weight is 353 g/mol. The van der Waals surface area contributed by atoms with Crippen LogP contribution in [0.15, 0.2) is 24.3 Å². The quantitative estimate of drug-likeness (QED) is 0.808. The molecule has 0 spiro atoms. The summed E-state index contributed by atoms with van der Waals surface area (Å²) in [4.78, 5) is 2.40. The molecule has 1 aromatic rings. The number of nitrogens with zero attached hydrogens (tertiary/aromatic N) is 3. The Bertz CT molecular complexity index is 621. The molecule has 0 atom stereocenters. The van der Waals surface area contributed by atoms with Crippen LogP contribution in [0, 0.1) is 0 Å². The monoisotopic (exact) mass is 353 g/mol. The maximum absolute atomic E-state index is 12.6. The molecule has 6 nitrogen and oxygen atoms in total. The fourth-order valence-electron chi connectivity index (χ4n) is 3.28. The van der Waals surface area contributed by atoms with Crippen LogP contribution in [0.4, 0.5) is 5.69 Å². The Hall–Kier alpha value is -1.15. The van der Waals surface area contributed by atoms with Crippen molar-refractivity contribution in [1.29, 1.82) is 0 Å². The molecule has 134 valence electrons. The van der Waals surface area contributed by atoms with Gasteiger partial charge in [-0.05, 0) is 37.0 Å². The van der Waals surface area contributed by atoms with Crippen LogP contribution < -0.4 is 4.90 Å². The molecule has 3 rings (SSSR count). The maximum atomic E-state index is 12.6. The van der Waals surface area contributed by atoms with Gasteiger partial charge < -0.3 is 9.64 Å². The lowest BCUT2D eigenvalue weighted by Crippen LogP contribution is -2.47. The Morgan fingerprint density at radius 3 is 2.25 bits per heavy atom. The molecule has 0 amide bonds. The van der Waals surface area contributed by atoms with E-state index in [1.54, 1.807) is 7.05 Å². The van der Waals surface area contributed by atoms with Crippen molar-refractivity contribution in [2.24, 2.45) is 0 Å². The SMILES string of the molecule is CN(Cc1ccc(N2CCCCC2)cc1)S(=O)(=O)N1CCOCC1. The highest BCUT2D eigenvalue weighted by Gasteiger charge is 2.28. The van der Waals surface area contributed by atoms with Gasteiger partial charge in [0, 0.05) is 45.5 Å². The van der Waals surface area contributed by atoms with E-state index in [4.69, 9.17) is 4.74 Å². The molecule has 0 aromatic heterocycles. The van der Waals surface area contributed by atoms with Crippen LogP contribution >= 0.6 is 0 Å². The second kappa shape index (κ2) is 7.82. The number of benzene rings is 1. The van der Waals surface area contributed by atoms with Crippen LogP contribution in [-0.4, -0.2) is 63.5 Å². The van der Waals surface area contributed by atoms with Crippen LogP contribution in [-0.2, 0) is 21.5 Å². The summed E-state index contributed by atoms with van der Waals surface area (Å²) in [5.41, 5.74) is 2.24. The summed E-state index contributed by atoms with van der Waals surface area (Å²) in [5.74, 6) is 0. The van der Waals surface area contributed by atoms with E-state index in [-0.39, 0.29) is 0 Å². The molecule has 2 heterocycles. The Morgan fingerprint density at radius 1 is 1.00 bits per heavy atom. The van der Waals surface area contributed by atoms with Gasteiger partial charge in [0.2, 0.25) is 0 Å². The van der Waals surface area contributed by atoms with Crippen molar-refractivity contribution in [1.82, 2.24) is 8.61 Å². The van der Waals surface area contributed by atoms with E-state index in [0.29, 0.717) is 32.8 Å². The van der Waals surface area contributed by atoms with E-state index in [1.807, 2.05) is 12.1 Å². The Labute approximate surface area is 145 Å². The molecule has 2 saturated heterocycles. The van der Waals surface area contributed by atoms with Crippen LogP contribution in [0.25, 0.3) is 0 Å². The average Bonchev–Trinajstić information content (AvgIpc) is 2.64. The highest BCUT2D eigenvalue weighted by Crippen LogP contribution is 2.21. The van der Waals surface area contributed by atoms with E-state index >= 15 is 0 Å². The second-order valence-electron chi connectivity index (χ2n) is 6.49. The largest absolute Gasteiger partial charge is 0.379 e. The number of anilines is 1. The summed E-state index contributed by atoms with van der Waals surface area (Å²) >= 11 is 0. The Balaban J connectivity index is 1.62. The first-order valence-corrected chi connectivity index (χ1v) is 10.1. The Morgan fingerprint density at radius 2 is 1.62 bits per heavy atom.